The van der Waals surface area contributed by atoms with Crippen molar-refractivity contribution in [3.8, 4) is 6.07 Å². The van der Waals surface area contributed by atoms with Crippen molar-refractivity contribution in [2.75, 3.05) is 5.32 Å². The Balaban J connectivity index is 3.00. The normalized spacial score (nSPS) is 9.25. The number of halogens is 1. The van der Waals surface area contributed by atoms with Gasteiger partial charge in [-0.05, 0) is 18.2 Å². The van der Waals surface area contributed by atoms with Gasteiger partial charge in [0.1, 0.15) is 6.42 Å². The predicted octanol–water partition coefficient (Wildman–Crippen LogP) is 1.89. The zero-order valence-corrected chi connectivity index (χ0v) is 8.78. The molecule has 2 N–H and O–H groups in total. The number of anilines is 1. The molecule has 0 aromatic heterocycles. The Hall–Kier alpha value is -2.06. The average molecular weight is 239 g/mol. The summed E-state index contributed by atoms with van der Waals surface area (Å²) >= 11 is 5.63. The van der Waals surface area contributed by atoms with Gasteiger partial charge in [-0.15, -0.1) is 0 Å². The number of aromatic carboxylic acids is 1. The van der Waals surface area contributed by atoms with Gasteiger partial charge in [-0.25, -0.2) is 4.79 Å². The summed E-state index contributed by atoms with van der Waals surface area (Å²) in [6.07, 6.45) is -0.332. The zero-order chi connectivity index (χ0) is 12.1. The number of carbonyl (C=O) groups is 2. The molecule has 82 valence electrons. The summed E-state index contributed by atoms with van der Waals surface area (Å²) in [5.74, 6) is -1.76. The van der Waals surface area contributed by atoms with E-state index in [0.717, 1.165) is 0 Å². The summed E-state index contributed by atoms with van der Waals surface area (Å²) in [7, 11) is 0. The highest BCUT2D eigenvalue weighted by molar-refractivity contribution is 6.31. The Morgan fingerprint density at radius 1 is 1.50 bits per heavy atom. The number of carboxylic acid groups (broad SMARTS) is 1. The molecule has 5 nitrogen and oxygen atoms in total. The number of nitrogens with one attached hydrogen (secondary N) is 1. The van der Waals surface area contributed by atoms with Gasteiger partial charge in [-0.2, -0.15) is 5.26 Å². The second-order valence-corrected chi connectivity index (χ2v) is 3.31. The highest BCUT2D eigenvalue weighted by atomic mass is 35.5. The van der Waals surface area contributed by atoms with Gasteiger partial charge in [-0.3, -0.25) is 4.79 Å². The number of hydrogen-bond donors (Lipinski definition) is 2. The lowest BCUT2D eigenvalue weighted by Gasteiger charge is -2.06. The molecule has 0 atom stereocenters. The first kappa shape index (κ1) is 12.0. The Kier molecular flexibility index (Phi) is 3.86. The third kappa shape index (κ3) is 2.97. The molecule has 6 heteroatoms. The molecule has 0 unspecified atom stereocenters. The Bertz CT molecular complexity index is 479. The summed E-state index contributed by atoms with van der Waals surface area (Å²) in [5.41, 5.74) is 0.0101. The van der Waals surface area contributed by atoms with Crippen molar-refractivity contribution in [2.45, 2.75) is 6.42 Å². The number of benzene rings is 1. The van der Waals surface area contributed by atoms with Gasteiger partial charge in [0.2, 0.25) is 5.91 Å². The van der Waals surface area contributed by atoms with Crippen molar-refractivity contribution in [2.24, 2.45) is 0 Å². The van der Waals surface area contributed by atoms with E-state index in [0.29, 0.717) is 0 Å². The maximum Gasteiger partial charge on any atom is 0.337 e. The highest BCUT2D eigenvalue weighted by Gasteiger charge is 2.12. The molecule has 1 aromatic rings. The monoisotopic (exact) mass is 238 g/mol. The Labute approximate surface area is 96.3 Å². The quantitative estimate of drug-likeness (QED) is 0.841. The van der Waals surface area contributed by atoms with Crippen LogP contribution in [0.15, 0.2) is 18.2 Å². The molecule has 0 aliphatic rings. The summed E-state index contributed by atoms with van der Waals surface area (Å²) < 4.78 is 0. The van der Waals surface area contributed by atoms with Gasteiger partial charge in [0.25, 0.3) is 0 Å². The van der Waals surface area contributed by atoms with Crippen LogP contribution in [0.3, 0.4) is 0 Å². The summed E-state index contributed by atoms with van der Waals surface area (Å²) in [6.45, 7) is 0. The molecule has 0 heterocycles. The van der Waals surface area contributed by atoms with E-state index in [1.165, 1.54) is 18.2 Å². The van der Waals surface area contributed by atoms with Gasteiger partial charge < -0.3 is 10.4 Å². The third-order valence-corrected chi connectivity index (χ3v) is 1.96. The first-order chi connectivity index (χ1) is 7.54. The van der Waals surface area contributed by atoms with Crippen LogP contribution in [0.1, 0.15) is 16.8 Å². The molecule has 0 spiro atoms. The third-order valence-electron chi connectivity index (χ3n) is 1.73. The van der Waals surface area contributed by atoms with E-state index in [-0.39, 0.29) is 22.7 Å². The van der Waals surface area contributed by atoms with Gasteiger partial charge >= 0.3 is 5.97 Å². The van der Waals surface area contributed by atoms with E-state index < -0.39 is 11.9 Å². The lowest BCUT2D eigenvalue weighted by molar-refractivity contribution is -0.115. The number of carboxylic acids is 1. The smallest absolute Gasteiger partial charge is 0.337 e. The van der Waals surface area contributed by atoms with Crippen molar-refractivity contribution in [3.63, 3.8) is 0 Å². The second kappa shape index (κ2) is 5.14. The SMILES string of the molecule is N#CCC(=O)Nc1ccc(Cl)cc1C(=O)O. The first-order valence-electron chi connectivity index (χ1n) is 4.24. The van der Waals surface area contributed by atoms with Crippen molar-refractivity contribution < 1.29 is 14.7 Å². The maximum atomic E-state index is 11.1. The van der Waals surface area contributed by atoms with Crippen molar-refractivity contribution in [3.05, 3.63) is 28.8 Å². The van der Waals surface area contributed by atoms with E-state index >= 15 is 0 Å². The molecule has 1 rings (SSSR count). The van der Waals surface area contributed by atoms with Gasteiger partial charge in [0.15, 0.2) is 0 Å². The second-order valence-electron chi connectivity index (χ2n) is 2.88. The zero-order valence-electron chi connectivity index (χ0n) is 8.03. The van der Waals surface area contributed by atoms with Crippen LogP contribution in [0.25, 0.3) is 0 Å². The number of nitrogens with zero attached hydrogens (tertiary/aromatic N) is 1. The van der Waals surface area contributed by atoms with E-state index in [1.807, 2.05) is 0 Å². The minimum Gasteiger partial charge on any atom is -0.478 e. The average Bonchev–Trinajstić information content (AvgIpc) is 2.20. The fourth-order valence-corrected chi connectivity index (χ4v) is 1.24. The van der Waals surface area contributed by atoms with E-state index in [9.17, 15) is 9.59 Å². The Morgan fingerprint density at radius 2 is 2.19 bits per heavy atom. The lowest BCUT2D eigenvalue weighted by atomic mass is 10.1. The molecular formula is C10H7ClN2O3. The van der Waals surface area contributed by atoms with Crippen LogP contribution < -0.4 is 5.32 Å². The number of rotatable bonds is 3. The molecular weight excluding hydrogens is 232 g/mol. The van der Waals surface area contributed by atoms with Crippen molar-refractivity contribution >= 4 is 29.2 Å². The summed E-state index contributed by atoms with van der Waals surface area (Å²) in [4.78, 5) is 22.0. The Morgan fingerprint density at radius 3 is 2.75 bits per heavy atom. The molecule has 0 saturated heterocycles. The molecule has 0 bridgehead atoms. The lowest BCUT2D eigenvalue weighted by Crippen LogP contribution is -2.13. The number of hydrogen-bond acceptors (Lipinski definition) is 3. The highest BCUT2D eigenvalue weighted by Crippen LogP contribution is 2.20. The number of carbonyl (C=O) groups excluding carboxylic acids is 1. The number of amides is 1. The van der Waals surface area contributed by atoms with Crippen LogP contribution in [0.4, 0.5) is 5.69 Å². The molecule has 1 aromatic carbocycles. The van der Waals surface area contributed by atoms with E-state index in [4.69, 9.17) is 22.0 Å². The molecule has 0 radical (unpaired) electrons. The van der Waals surface area contributed by atoms with Crippen LogP contribution >= 0.6 is 11.6 Å². The number of nitriles is 1. The van der Waals surface area contributed by atoms with Crippen LogP contribution in [-0.4, -0.2) is 17.0 Å². The van der Waals surface area contributed by atoms with Crippen LogP contribution in [0.5, 0.6) is 0 Å². The largest absolute Gasteiger partial charge is 0.478 e. The standard InChI is InChI=1S/C10H7ClN2O3/c11-6-1-2-8(7(5-6)10(15)16)13-9(14)3-4-12/h1-2,5H,3H2,(H,13,14)(H,15,16). The first-order valence-corrected chi connectivity index (χ1v) is 4.62. The topological polar surface area (TPSA) is 90.2 Å². The summed E-state index contributed by atoms with van der Waals surface area (Å²) in [6, 6.07) is 5.72. The molecule has 0 aliphatic heterocycles. The van der Waals surface area contributed by atoms with Crippen molar-refractivity contribution in [1.29, 1.82) is 5.26 Å². The predicted molar refractivity (Wildman–Crippen MR) is 57.3 cm³/mol. The fourth-order valence-electron chi connectivity index (χ4n) is 1.07. The minimum absolute atomic E-state index is 0.112. The van der Waals surface area contributed by atoms with Crippen molar-refractivity contribution in [1.82, 2.24) is 0 Å². The maximum absolute atomic E-state index is 11.1. The molecule has 0 saturated carbocycles. The fraction of sp³-hybridized carbons (Fsp3) is 0.100. The van der Waals surface area contributed by atoms with Gasteiger partial charge in [0, 0.05) is 5.02 Å². The van der Waals surface area contributed by atoms with E-state index in [1.54, 1.807) is 6.07 Å². The molecule has 1 amide bonds. The van der Waals surface area contributed by atoms with Crippen LogP contribution in [0, 0.1) is 11.3 Å². The minimum atomic E-state index is -1.20. The van der Waals surface area contributed by atoms with Gasteiger partial charge in [0.05, 0.1) is 17.3 Å². The van der Waals surface area contributed by atoms with E-state index in [2.05, 4.69) is 5.32 Å². The summed E-state index contributed by atoms with van der Waals surface area (Å²) in [5, 5.41) is 19.7. The molecule has 0 fully saturated rings. The molecule has 0 aliphatic carbocycles. The van der Waals surface area contributed by atoms with Crippen LogP contribution in [0.2, 0.25) is 5.02 Å². The van der Waals surface area contributed by atoms with Crippen LogP contribution in [-0.2, 0) is 4.79 Å². The molecule has 16 heavy (non-hydrogen) atoms. The van der Waals surface area contributed by atoms with Gasteiger partial charge in [-0.1, -0.05) is 11.6 Å².